The highest BCUT2D eigenvalue weighted by molar-refractivity contribution is 7.89. The molecule has 5 rings (SSSR count). The van der Waals surface area contributed by atoms with Gasteiger partial charge in [-0.25, -0.2) is 13.4 Å². The summed E-state index contributed by atoms with van der Waals surface area (Å²) >= 11 is 1.39. The fourth-order valence-electron chi connectivity index (χ4n) is 4.37. The van der Waals surface area contributed by atoms with Crippen LogP contribution < -0.4 is 10.1 Å². The summed E-state index contributed by atoms with van der Waals surface area (Å²) in [6.45, 7) is 5.28. The lowest BCUT2D eigenvalue weighted by atomic mass is 10.0. The molecule has 37 heavy (non-hydrogen) atoms. The Labute approximate surface area is 220 Å². The monoisotopic (exact) mass is 533 g/mol. The van der Waals surface area contributed by atoms with Crippen molar-refractivity contribution < 1.29 is 17.9 Å². The molecule has 1 amide bonds. The van der Waals surface area contributed by atoms with E-state index in [-0.39, 0.29) is 10.8 Å². The number of aryl methyl sites for hydroxylation is 1. The molecule has 0 fully saturated rings. The standard InChI is InChI=1S/C28H27N3O4S2/c1-3-35-24-12-8-21(9-13-24)26-19(2)36-28(29-26)30-27(32)22-10-14-25(15-11-22)37(33,34)31-17-16-20-6-4-5-7-23(20)18-31/h4-15H,3,16-18H2,1-2H3,(H,29,30,32). The Hall–Kier alpha value is -3.53. The topological polar surface area (TPSA) is 88.6 Å². The summed E-state index contributed by atoms with van der Waals surface area (Å²) in [7, 11) is -3.66. The van der Waals surface area contributed by atoms with Crippen LogP contribution in [0.5, 0.6) is 5.75 Å². The Morgan fingerprint density at radius 3 is 2.43 bits per heavy atom. The van der Waals surface area contributed by atoms with Crippen LogP contribution in [0.15, 0.2) is 77.7 Å². The van der Waals surface area contributed by atoms with Crippen molar-refractivity contribution in [2.75, 3.05) is 18.5 Å². The van der Waals surface area contributed by atoms with Crippen molar-refractivity contribution >= 4 is 32.4 Å². The second kappa shape index (κ2) is 10.5. The molecule has 0 saturated heterocycles. The van der Waals surface area contributed by atoms with Crippen LogP contribution in [0.3, 0.4) is 0 Å². The molecule has 0 bridgehead atoms. The van der Waals surface area contributed by atoms with Crippen molar-refractivity contribution in [3.05, 3.63) is 94.4 Å². The summed E-state index contributed by atoms with van der Waals surface area (Å²) in [5.74, 6) is 0.450. The van der Waals surface area contributed by atoms with Crippen molar-refractivity contribution in [1.82, 2.24) is 9.29 Å². The Bertz CT molecular complexity index is 1530. The lowest BCUT2D eigenvalue weighted by Gasteiger charge is -2.28. The second-order valence-electron chi connectivity index (χ2n) is 8.72. The number of hydrogen-bond donors (Lipinski definition) is 1. The summed E-state index contributed by atoms with van der Waals surface area (Å²) in [6, 6.07) is 21.6. The van der Waals surface area contributed by atoms with E-state index in [1.807, 2.05) is 62.4 Å². The molecule has 0 spiro atoms. The Morgan fingerprint density at radius 2 is 1.73 bits per heavy atom. The molecule has 4 aromatic rings. The number of rotatable bonds is 7. The third-order valence-corrected chi connectivity index (χ3v) is 9.05. The normalized spacial score (nSPS) is 13.7. The fourth-order valence-corrected chi connectivity index (χ4v) is 6.61. The average molecular weight is 534 g/mol. The van der Waals surface area contributed by atoms with E-state index in [2.05, 4.69) is 10.3 Å². The zero-order valence-electron chi connectivity index (χ0n) is 20.6. The Morgan fingerprint density at radius 1 is 1.03 bits per heavy atom. The van der Waals surface area contributed by atoms with Gasteiger partial charge in [-0.2, -0.15) is 4.31 Å². The Kier molecular flexibility index (Phi) is 7.10. The van der Waals surface area contributed by atoms with Gasteiger partial charge in [0, 0.05) is 29.1 Å². The van der Waals surface area contributed by atoms with Gasteiger partial charge >= 0.3 is 0 Å². The number of fused-ring (bicyclic) bond motifs is 1. The molecule has 3 aromatic carbocycles. The van der Waals surface area contributed by atoms with Gasteiger partial charge in [0.2, 0.25) is 10.0 Å². The van der Waals surface area contributed by atoms with E-state index >= 15 is 0 Å². The number of nitrogens with zero attached hydrogens (tertiary/aromatic N) is 2. The van der Waals surface area contributed by atoms with Crippen LogP contribution >= 0.6 is 11.3 Å². The van der Waals surface area contributed by atoms with Crippen LogP contribution in [0, 0.1) is 6.92 Å². The molecule has 1 aromatic heterocycles. The first-order chi connectivity index (χ1) is 17.8. The molecule has 0 aliphatic carbocycles. The maximum atomic E-state index is 13.2. The largest absolute Gasteiger partial charge is 0.494 e. The molecule has 7 nitrogen and oxygen atoms in total. The molecular weight excluding hydrogens is 506 g/mol. The molecule has 1 aliphatic rings. The van der Waals surface area contributed by atoms with Gasteiger partial charge in [0.15, 0.2) is 5.13 Å². The summed E-state index contributed by atoms with van der Waals surface area (Å²) in [6.07, 6.45) is 0.682. The number of sulfonamides is 1. The fraction of sp³-hybridized carbons (Fsp3) is 0.214. The molecule has 1 N–H and O–H groups in total. The lowest BCUT2D eigenvalue weighted by Crippen LogP contribution is -2.35. The minimum Gasteiger partial charge on any atom is -0.494 e. The lowest BCUT2D eigenvalue weighted by molar-refractivity contribution is 0.102. The second-order valence-corrected chi connectivity index (χ2v) is 11.9. The highest BCUT2D eigenvalue weighted by Crippen LogP contribution is 2.32. The Balaban J connectivity index is 1.27. The van der Waals surface area contributed by atoms with E-state index in [1.165, 1.54) is 45.5 Å². The number of thiazole rings is 1. The number of hydrogen-bond acceptors (Lipinski definition) is 6. The van der Waals surface area contributed by atoms with Crippen molar-refractivity contribution in [2.45, 2.75) is 31.7 Å². The minimum absolute atomic E-state index is 0.173. The van der Waals surface area contributed by atoms with Gasteiger partial charge in [0.1, 0.15) is 5.75 Å². The molecule has 1 aliphatic heterocycles. The van der Waals surface area contributed by atoms with E-state index in [9.17, 15) is 13.2 Å². The predicted octanol–water partition coefficient (Wildman–Crippen LogP) is 5.52. The molecule has 0 radical (unpaired) electrons. The molecule has 190 valence electrons. The van der Waals surface area contributed by atoms with Crippen LogP contribution in [-0.4, -0.2) is 36.8 Å². The molecule has 0 saturated carbocycles. The van der Waals surface area contributed by atoms with E-state index in [1.54, 1.807) is 0 Å². The summed E-state index contributed by atoms with van der Waals surface area (Å²) in [4.78, 5) is 18.6. The van der Waals surface area contributed by atoms with Crippen LogP contribution in [0.25, 0.3) is 11.3 Å². The zero-order chi connectivity index (χ0) is 26.0. The predicted molar refractivity (Wildman–Crippen MR) is 146 cm³/mol. The number of amides is 1. The van der Waals surface area contributed by atoms with Gasteiger partial charge in [-0.3, -0.25) is 10.1 Å². The van der Waals surface area contributed by atoms with Crippen molar-refractivity contribution in [1.29, 1.82) is 0 Å². The third kappa shape index (κ3) is 5.29. The number of carbonyl (C=O) groups is 1. The molecule has 9 heteroatoms. The number of nitrogens with one attached hydrogen (secondary N) is 1. The highest BCUT2D eigenvalue weighted by Gasteiger charge is 2.28. The molecule has 0 atom stereocenters. The smallest absolute Gasteiger partial charge is 0.257 e. The zero-order valence-corrected chi connectivity index (χ0v) is 22.2. The van der Waals surface area contributed by atoms with Crippen LogP contribution in [-0.2, 0) is 23.0 Å². The van der Waals surface area contributed by atoms with E-state index in [0.717, 1.165) is 27.4 Å². The summed E-state index contributed by atoms with van der Waals surface area (Å²) in [5.41, 5.74) is 4.31. The summed E-state index contributed by atoms with van der Waals surface area (Å²) < 4.78 is 33.4. The van der Waals surface area contributed by atoms with Crippen molar-refractivity contribution in [3.63, 3.8) is 0 Å². The van der Waals surface area contributed by atoms with Gasteiger partial charge in [-0.1, -0.05) is 24.3 Å². The van der Waals surface area contributed by atoms with Gasteiger partial charge in [-0.05, 0) is 79.9 Å². The molecule has 0 unspecified atom stereocenters. The van der Waals surface area contributed by atoms with Gasteiger partial charge in [-0.15, -0.1) is 11.3 Å². The number of carbonyl (C=O) groups excluding carboxylic acids is 1. The van der Waals surface area contributed by atoms with Crippen LogP contribution in [0.4, 0.5) is 5.13 Å². The van der Waals surface area contributed by atoms with Crippen molar-refractivity contribution in [2.24, 2.45) is 0 Å². The number of benzene rings is 3. The first-order valence-corrected chi connectivity index (χ1v) is 14.3. The quantitative estimate of drug-likeness (QED) is 0.338. The molecular formula is C28H27N3O4S2. The minimum atomic E-state index is -3.66. The van der Waals surface area contributed by atoms with E-state index < -0.39 is 10.0 Å². The highest BCUT2D eigenvalue weighted by atomic mass is 32.2. The van der Waals surface area contributed by atoms with E-state index in [4.69, 9.17) is 4.74 Å². The van der Waals surface area contributed by atoms with Gasteiger partial charge in [0.25, 0.3) is 5.91 Å². The third-order valence-electron chi connectivity index (χ3n) is 6.31. The van der Waals surface area contributed by atoms with Gasteiger partial charge < -0.3 is 4.74 Å². The van der Waals surface area contributed by atoms with Gasteiger partial charge in [0.05, 0.1) is 17.2 Å². The summed E-state index contributed by atoms with van der Waals surface area (Å²) in [5, 5.41) is 3.32. The van der Waals surface area contributed by atoms with Crippen LogP contribution in [0.1, 0.15) is 33.3 Å². The maximum absolute atomic E-state index is 13.2. The number of anilines is 1. The first-order valence-electron chi connectivity index (χ1n) is 12.0. The SMILES string of the molecule is CCOc1ccc(-c2nc(NC(=O)c3ccc(S(=O)(=O)N4CCc5ccccc5C4)cc3)sc2C)cc1. The maximum Gasteiger partial charge on any atom is 0.257 e. The van der Waals surface area contributed by atoms with E-state index in [0.29, 0.717) is 36.8 Å². The number of ether oxygens (including phenoxy) is 1. The van der Waals surface area contributed by atoms with Crippen molar-refractivity contribution in [3.8, 4) is 17.0 Å². The number of aromatic nitrogens is 1. The van der Waals surface area contributed by atoms with Crippen LogP contribution in [0.2, 0.25) is 0 Å². The average Bonchev–Trinajstić information content (AvgIpc) is 3.28. The molecule has 2 heterocycles. The first kappa shape index (κ1) is 25.1.